The van der Waals surface area contributed by atoms with E-state index in [1.807, 2.05) is 0 Å². The fourth-order valence-corrected chi connectivity index (χ4v) is 2.25. The SMILES string of the molecule is NC(=S)c1cc(F)ccc1Cn1nc2cnccn2c1=O. The summed E-state index contributed by atoms with van der Waals surface area (Å²) in [6, 6.07) is 4.08. The molecule has 21 heavy (non-hydrogen) atoms. The molecule has 2 aromatic heterocycles. The number of nitrogens with two attached hydrogens (primary N) is 1. The van der Waals surface area contributed by atoms with Crippen molar-refractivity contribution in [2.24, 2.45) is 5.73 Å². The molecule has 0 spiro atoms. The standard InChI is InChI=1S/C13H10FN5OS/c14-9-2-1-8(10(5-9)12(15)21)7-19-13(20)18-4-3-16-6-11(18)17-19/h1-6H,7H2,(H2,15,21). The highest BCUT2D eigenvalue weighted by atomic mass is 32.1. The molecular weight excluding hydrogens is 293 g/mol. The van der Waals surface area contributed by atoms with E-state index in [-0.39, 0.29) is 17.2 Å². The monoisotopic (exact) mass is 303 g/mol. The highest BCUT2D eigenvalue weighted by Gasteiger charge is 2.11. The number of benzene rings is 1. The minimum Gasteiger partial charge on any atom is -0.389 e. The van der Waals surface area contributed by atoms with Crippen LogP contribution in [0, 0.1) is 5.82 Å². The van der Waals surface area contributed by atoms with E-state index < -0.39 is 5.82 Å². The first-order chi connectivity index (χ1) is 10.1. The topological polar surface area (TPSA) is 78.2 Å². The van der Waals surface area contributed by atoms with Crippen molar-refractivity contribution < 1.29 is 4.39 Å². The Bertz CT molecular complexity index is 901. The third-order valence-electron chi connectivity index (χ3n) is 3.05. The second kappa shape index (κ2) is 5.06. The Hall–Kier alpha value is -2.61. The van der Waals surface area contributed by atoms with E-state index in [2.05, 4.69) is 10.1 Å². The van der Waals surface area contributed by atoms with Gasteiger partial charge in [-0.3, -0.25) is 4.98 Å². The minimum atomic E-state index is -0.437. The summed E-state index contributed by atoms with van der Waals surface area (Å²) in [5, 5.41) is 4.16. The van der Waals surface area contributed by atoms with Gasteiger partial charge in [-0.15, -0.1) is 5.10 Å². The molecule has 0 unspecified atom stereocenters. The molecule has 3 aromatic rings. The normalized spacial score (nSPS) is 10.9. The molecule has 3 rings (SSSR count). The van der Waals surface area contributed by atoms with E-state index in [1.165, 1.54) is 39.8 Å². The maximum atomic E-state index is 13.3. The van der Waals surface area contributed by atoms with E-state index in [9.17, 15) is 9.18 Å². The van der Waals surface area contributed by atoms with Gasteiger partial charge >= 0.3 is 5.69 Å². The molecule has 0 saturated heterocycles. The molecule has 0 aliphatic carbocycles. The van der Waals surface area contributed by atoms with Gasteiger partial charge in [0.15, 0.2) is 5.65 Å². The van der Waals surface area contributed by atoms with Crippen molar-refractivity contribution in [3.8, 4) is 0 Å². The number of hydrogen-bond donors (Lipinski definition) is 1. The van der Waals surface area contributed by atoms with Crippen molar-refractivity contribution in [2.45, 2.75) is 6.54 Å². The molecule has 6 nitrogen and oxygen atoms in total. The summed E-state index contributed by atoms with van der Waals surface area (Å²) < 4.78 is 15.9. The number of rotatable bonds is 3. The van der Waals surface area contributed by atoms with Gasteiger partial charge in [0.05, 0.1) is 12.7 Å². The van der Waals surface area contributed by atoms with Crippen LogP contribution in [0.25, 0.3) is 5.65 Å². The number of nitrogens with zero attached hydrogens (tertiary/aromatic N) is 4. The van der Waals surface area contributed by atoms with Crippen LogP contribution < -0.4 is 11.4 Å². The number of aromatic nitrogens is 4. The Labute approximate surface area is 123 Å². The molecule has 8 heteroatoms. The van der Waals surface area contributed by atoms with E-state index in [1.54, 1.807) is 6.07 Å². The van der Waals surface area contributed by atoms with Crippen molar-refractivity contribution >= 4 is 22.9 Å². The van der Waals surface area contributed by atoms with Gasteiger partial charge < -0.3 is 5.73 Å². The summed E-state index contributed by atoms with van der Waals surface area (Å²) in [4.78, 5) is 16.2. The van der Waals surface area contributed by atoms with Crippen LogP contribution in [0.4, 0.5) is 4.39 Å². The Kier molecular flexibility index (Phi) is 3.22. The average Bonchev–Trinajstić information content (AvgIpc) is 2.78. The quantitative estimate of drug-likeness (QED) is 0.721. The highest BCUT2D eigenvalue weighted by Crippen LogP contribution is 2.12. The molecule has 0 bridgehead atoms. The average molecular weight is 303 g/mol. The zero-order valence-electron chi connectivity index (χ0n) is 10.7. The molecule has 2 N–H and O–H groups in total. The lowest BCUT2D eigenvalue weighted by Gasteiger charge is -2.07. The second-order valence-electron chi connectivity index (χ2n) is 4.41. The van der Waals surface area contributed by atoms with Gasteiger partial charge in [-0.25, -0.2) is 18.3 Å². The summed E-state index contributed by atoms with van der Waals surface area (Å²) in [6.07, 6.45) is 4.51. The van der Waals surface area contributed by atoms with Crippen LogP contribution in [0.2, 0.25) is 0 Å². The van der Waals surface area contributed by atoms with Crippen LogP contribution in [0.15, 0.2) is 41.6 Å². The first-order valence-electron chi connectivity index (χ1n) is 6.03. The first kappa shape index (κ1) is 13.4. The van der Waals surface area contributed by atoms with Gasteiger partial charge in [0.25, 0.3) is 0 Å². The minimum absolute atomic E-state index is 0.0722. The Morgan fingerprint density at radius 2 is 2.24 bits per heavy atom. The molecular formula is C13H10FN5OS. The Morgan fingerprint density at radius 1 is 1.43 bits per heavy atom. The fraction of sp³-hybridized carbons (Fsp3) is 0.0769. The predicted octanol–water partition coefficient (Wildman–Crippen LogP) is 0.713. The lowest BCUT2D eigenvalue weighted by Crippen LogP contribution is -2.23. The maximum Gasteiger partial charge on any atom is 0.350 e. The summed E-state index contributed by atoms with van der Waals surface area (Å²) >= 11 is 4.91. The van der Waals surface area contributed by atoms with Crippen molar-refractivity contribution in [3.05, 3.63) is 64.2 Å². The van der Waals surface area contributed by atoms with E-state index in [4.69, 9.17) is 18.0 Å². The highest BCUT2D eigenvalue weighted by molar-refractivity contribution is 7.80. The molecule has 1 aromatic carbocycles. The molecule has 0 saturated carbocycles. The fourth-order valence-electron chi connectivity index (χ4n) is 2.06. The summed E-state index contributed by atoms with van der Waals surface area (Å²) in [7, 11) is 0. The van der Waals surface area contributed by atoms with Crippen molar-refractivity contribution in [3.63, 3.8) is 0 Å². The first-order valence-corrected chi connectivity index (χ1v) is 6.44. The number of thiocarbonyl (C=S) groups is 1. The summed E-state index contributed by atoms with van der Waals surface area (Å²) in [5.74, 6) is -0.437. The summed E-state index contributed by atoms with van der Waals surface area (Å²) in [5.41, 5.74) is 6.73. The molecule has 2 heterocycles. The van der Waals surface area contributed by atoms with Gasteiger partial charge in [0.1, 0.15) is 10.8 Å². The van der Waals surface area contributed by atoms with Crippen LogP contribution >= 0.6 is 12.2 Å². The van der Waals surface area contributed by atoms with Crippen molar-refractivity contribution in [1.82, 2.24) is 19.2 Å². The van der Waals surface area contributed by atoms with Gasteiger partial charge in [0, 0.05) is 18.0 Å². The number of fused-ring (bicyclic) bond motifs is 1. The maximum absolute atomic E-state index is 13.3. The van der Waals surface area contributed by atoms with Crippen molar-refractivity contribution in [2.75, 3.05) is 0 Å². The van der Waals surface area contributed by atoms with Gasteiger partial charge in [-0.2, -0.15) is 0 Å². The van der Waals surface area contributed by atoms with Gasteiger partial charge in [0.2, 0.25) is 0 Å². The zero-order valence-corrected chi connectivity index (χ0v) is 11.5. The van der Waals surface area contributed by atoms with Gasteiger partial charge in [-0.05, 0) is 17.7 Å². The molecule has 0 radical (unpaired) electrons. The van der Waals surface area contributed by atoms with Gasteiger partial charge in [-0.1, -0.05) is 18.3 Å². The molecule has 0 aliphatic heterocycles. The summed E-state index contributed by atoms with van der Waals surface area (Å²) in [6.45, 7) is 0.146. The smallest absolute Gasteiger partial charge is 0.350 e. The number of halogens is 1. The predicted molar refractivity (Wildman–Crippen MR) is 78.6 cm³/mol. The van der Waals surface area contributed by atoms with Crippen LogP contribution in [0.1, 0.15) is 11.1 Å². The Morgan fingerprint density at radius 3 is 2.95 bits per heavy atom. The molecule has 0 atom stereocenters. The van der Waals surface area contributed by atoms with Crippen LogP contribution in [0.5, 0.6) is 0 Å². The molecule has 0 amide bonds. The van der Waals surface area contributed by atoms with Crippen LogP contribution in [0.3, 0.4) is 0 Å². The van der Waals surface area contributed by atoms with Crippen LogP contribution in [-0.2, 0) is 6.54 Å². The third-order valence-corrected chi connectivity index (χ3v) is 3.27. The molecule has 106 valence electrons. The largest absolute Gasteiger partial charge is 0.389 e. The third kappa shape index (κ3) is 2.40. The van der Waals surface area contributed by atoms with E-state index in [0.717, 1.165) is 0 Å². The number of hydrogen-bond acceptors (Lipinski definition) is 4. The Balaban J connectivity index is 2.09. The molecule has 0 aliphatic rings. The van der Waals surface area contributed by atoms with E-state index >= 15 is 0 Å². The molecule has 0 fully saturated rings. The zero-order chi connectivity index (χ0) is 15.0. The lowest BCUT2D eigenvalue weighted by atomic mass is 10.1. The van der Waals surface area contributed by atoms with Crippen LogP contribution in [-0.4, -0.2) is 24.2 Å². The van der Waals surface area contributed by atoms with E-state index in [0.29, 0.717) is 16.8 Å². The lowest BCUT2D eigenvalue weighted by molar-refractivity contribution is 0.622. The van der Waals surface area contributed by atoms with Crippen molar-refractivity contribution in [1.29, 1.82) is 0 Å². The second-order valence-corrected chi connectivity index (χ2v) is 4.85.